The number of tetrazole rings is 1. The third-order valence-electron chi connectivity index (χ3n) is 9.35. The number of aromatic amines is 1. The third kappa shape index (κ3) is 10.8. The van der Waals surface area contributed by atoms with Crippen molar-refractivity contribution in [2.45, 2.75) is 51.7 Å². The monoisotopic (exact) mass is 825 g/mol. The van der Waals surface area contributed by atoms with Gasteiger partial charge < -0.3 is 40.8 Å². The number of halogens is 1. The molecule has 6 amide bonds. The van der Waals surface area contributed by atoms with E-state index in [2.05, 4.69) is 41.8 Å². The summed E-state index contributed by atoms with van der Waals surface area (Å²) >= 11 is 6.19. The molecule has 0 unspecified atom stereocenters. The molecule has 0 saturated carbocycles. The van der Waals surface area contributed by atoms with Crippen molar-refractivity contribution in [3.63, 3.8) is 0 Å². The number of ether oxygens (including phenoxy) is 1. The summed E-state index contributed by atoms with van der Waals surface area (Å²) in [7, 11) is 3.44. The van der Waals surface area contributed by atoms with Crippen molar-refractivity contribution < 1.29 is 33.5 Å². The van der Waals surface area contributed by atoms with Crippen LogP contribution in [0.3, 0.4) is 0 Å². The van der Waals surface area contributed by atoms with Gasteiger partial charge in [-0.1, -0.05) is 23.7 Å². The molecule has 18 nitrogen and oxygen atoms in total. The number of anilines is 3. The average Bonchev–Trinajstić information content (AvgIpc) is 3.88. The van der Waals surface area contributed by atoms with Gasteiger partial charge in [-0.05, 0) is 104 Å². The van der Waals surface area contributed by atoms with Crippen LogP contribution in [0.2, 0.25) is 5.02 Å². The molecule has 5 N–H and O–H groups in total. The number of nitrogens with zero attached hydrogens (tertiary/aromatic N) is 6. The number of likely N-dealkylation sites (tertiary alicyclic amines) is 1. The van der Waals surface area contributed by atoms with Crippen LogP contribution in [0, 0.1) is 5.92 Å². The fourth-order valence-electron chi connectivity index (χ4n) is 6.43. The minimum Gasteiger partial charge on any atom is -0.455 e. The van der Waals surface area contributed by atoms with Crippen molar-refractivity contribution in [3.8, 4) is 5.69 Å². The Balaban J connectivity index is 1.17. The zero-order valence-electron chi connectivity index (χ0n) is 33.0. The molecule has 0 spiro atoms. The van der Waals surface area contributed by atoms with E-state index in [-0.39, 0.29) is 40.7 Å². The molecule has 1 atom stereocenters. The molecule has 19 heteroatoms. The van der Waals surface area contributed by atoms with Gasteiger partial charge in [0, 0.05) is 66.8 Å². The van der Waals surface area contributed by atoms with Crippen molar-refractivity contribution in [1.82, 2.24) is 40.3 Å². The Kier molecular flexibility index (Phi) is 12.6. The van der Waals surface area contributed by atoms with Crippen LogP contribution >= 0.6 is 11.6 Å². The minimum atomic E-state index is -1.27. The van der Waals surface area contributed by atoms with Gasteiger partial charge in [0.05, 0.1) is 11.4 Å². The SMILES string of the molecule is CN(C)C(=O)C1CCN(C(=O)Nc2ccc(C[C@H](NC(=O)C(=O)Nc3cc(Cl)ccc3-n3cnnn3)C(=O)Nc3ccc4[nH]c(C(=O)OC(C)(C)C)cc4c3)cc2)CC1. The lowest BCUT2D eigenvalue weighted by atomic mass is 9.96. The number of hydrogen-bond acceptors (Lipinski definition) is 10. The molecular weight excluding hydrogens is 782 g/mol. The number of rotatable bonds is 10. The number of piperidine rings is 1. The van der Waals surface area contributed by atoms with Crippen molar-refractivity contribution in [2.24, 2.45) is 5.92 Å². The molecule has 0 aliphatic carbocycles. The van der Waals surface area contributed by atoms with E-state index in [1.807, 2.05) is 0 Å². The number of esters is 1. The third-order valence-corrected chi connectivity index (χ3v) is 9.59. The number of urea groups is 1. The molecule has 5 aromatic rings. The predicted octanol–water partition coefficient (Wildman–Crippen LogP) is 4.39. The quantitative estimate of drug-likeness (QED) is 0.0986. The average molecular weight is 826 g/mol. The standard InChI is InChI=1S/C40H44ClN11O7/c1-40(2,3)59-38(57)32-20-25-19-28(11-12-29(25)45-32)43-34(53)31(47-36(55)35(54)46-30-21-26(41)8-13-33(30)52-22-42-48-49-52)18-23-6-9-27(10-7-23)44-39(58)51-16-14-24(15-17-51)37(56)50(4)5/h6-13,19-22,24,31,45H,14-18H2,1-5H3,(H,43,53)(H,44,58)(H,46,54)(H,47,55)/t31-/m0/s1. The van der Waals surface area contributed by atoms with E-state index >= 15 is 0 Å². The van der Waals surface area contributed by atoms with Gasteiger partial charge in [-0.25, -0.2) is 9.59 Å². The highest BCUT2D eigenvalue weighted by atomic mass is 35.5. The summed E-state index contributed by atoms with van der Waals surface area (Å²) in [4.78, 5) is 85.0. The van der Waals surface area contributed by atoms with E-state index in [0.717, 1.165) is 0 Å². The maximum absolute atomic E-state index is 13.9. The van der Waals surface area contributed by atoms with Crippen LogP contribution in [-0.2, 0) is 30.3 Å². The highest BCUT2D eigenvalue weighted by Gasteiger charge is 2.29. The first-order valence-corrected chi connectivity index (χ1v) is 19.1. The molecular formula is C40H44ClN11O7. The summed E-state index contributed by atoms with van der Waals surface area (Å²) in [6, 6.07) is 16.3. The van der Waals surface area contributed by atoms with E-state index in [1.165, 1.54) is 17.1 Å². The molecule has 0 radical (unpaired) electrons. The second-order valence-electron chi connectivity index (χ2n) is 15.2. The lowest BCUT2D eigenvalue weighted by molar-refractivity contribution is -0.137. The number of aromatic nitrogens is 5. The van der Waals surface area contributed by atoms with Gasteiger partial charge in [0.2, 0.25) is 11.8 Å². The smallest absolute Gasteiger partial charge is 0.355 e. The first kappa shape index (κ1) is 41.8. The van der Waals surface area contributed by atoms with Crippen LogP contribution < -0.4 is 21.3 Å². The van der Waals surface area contributed by atoms with Crippen molar-refractivity contribution in [3.05, 3.63) is 89.3 Å². The molecule has 3 aromatic carbocycles. The van der Waals surface area contributed by atoms with Crippen molar-refractivity contribution >= 4 is 75.2 Å². The summed E-state index contributed by atoms with van der Waals surface area (Å²) < 4.78 is 6.75. The first-order valence-electron chi connectivity index (χ1n) is 18.7. The van der Waals surface area contributed by atoms with Crippen molar-refractivity contribution in [1.29, 1.82) is 0 Å². The highest BCUT2D eigenvalue weighted by Crippen LogP contribution is 2.25. The summed E-state index contributed by atoms with van der Waals surface area (Å²) in [6.45, 7) is 6.18. The maximum atomic E-state index is 13.9. The van der Waals surface area contributed by atoms with Crippen LogP contribution in [0.1, 0.15) is 49.7 Å². The van der Waals surface area contributed by atoms with Gasteiger partial charge in [0.1, 0.15) is 23.7 Å². The van der Waals surface area contributed by atoms with Gasteiger partial charge in [0.15, 0.2) is 0 Å². The molecule has 2 aromatic heterocycles. The summed E-state index contributed by atoms with van der Waals surface area (Å²) in [6.07, 6.45) is 2.40. The lowest BCUT2D eigenvalue weighted by Gasteiger charge is -2.32. The number of amides is 6. The van der Waals surface area contributed by atoms with E-state index in [9.17, 15) is 28.8 Å². The van der Waals surface area contributed by atoms with Gasteiger partial charge >= 0.3 is 23.8 Å². The van der Waals surface area contributed by atoms with Crippen LogP contribution in [0.4, 0.5) is 21.9 Å². The zero-order valence-corrected chi connectivity index (χ0v) is 33.8. The maximum Gasteiger partial charge on any atom is 0.355 e. The van der Waals surface area contributed by atoms with Crippen LogP contribution in [0.5, 0.6) is 0 Å². The second kappa shape index (κ2) is 17.8. The number of fused-ring (bicyclic) bond motifs is 1. The fraction of sp³-hybridized carbons (Fsp3) is 0.325. The molecule has 1 saturated heterocycles. The first-order chi connectivity index (χ1) is 28.0. The van der Waals surface area contributed by atoms with E-state index < -0.39 is 35.3 Å². The van der Waals surface area contributed by atoms with Gasteiger partial charge in [0.25, 0.3) is 0 Å². The normalized spacial score (nSPS) is 13.6. The minimum absolute atomic E-state index is 0.0469. The number of hydrogen-bond donors (Lipinski definition) is 5. The van der Waals surface area contributed by atoms with Gasteiger partial charge in [-0.2, -0.15) is 4.68 Å². The molecule has 308 valence electrons. The Morgan fingerprint density at radius 2 is 1.61 bits per heavy atom. The molecule has 1 aliphatic heterocycles. The predicted molar refractivity (Wildman–Crippen MR) is 219 cm³/mol. The number of H-pyrrole nitrogens is 1. The highest BCUT2D eigenvalue weighted by molar-refractivity contribution is 6.40. The van der Waals surface area contributed by atoms with Crippen LogP contribution in [0.15, 0.2) is 73.1 Å². The Hall–Kier alpha value is -6.82. The molecule has 0 bridgehead atoms. The summed E-state index contributed by atoms with van der Waals surface area (Å²) in [5.41, 5.74) is 2.10. The van der Waals surface area contributed by atoms with E-state index in [4.69, 9.17) is 16.3 Å². The topological polar surface area (TPSA) is 226 Å². The largest absolute Gasteiger partial charge is 0.455 e. The van der Waals surface area contributed by atoms with Gasteiger partial charge in [-0.15, -0.1) is 5.10 Å². The molecule has 1 aliphatic rings. The Bertz CT molecular complexity index is 2370. The number of carbonyl (C=O) groups is 6. The van der Waals surface area contributed by atoms with Crippen LogP contribution in [0.25, 0.3) is 16.6 Å². The summed E-state index contributed by atoms with van der Waals surface area (Å²) in [5, 5.41) is 22.7. The number of nitrogens with one attached hydrogen (secondary N) is 5. The van der Waals surface area contributed by atoms with Crippen LogP contribution in [-0.4, -0.2) is 109 Å². The zero-order chi connectivity index (χ0) is 42.4. The van der Waals surface area contributed by atoms with E-state index in [0.29, 0.717) is 59.5 Å². The molecule has 59 heavy (non-hydrogen) atoms. The Morgan fingerprint density at radius 3 is 2.27 bits per heavy atom. The summed E-state index contributed by atoms with van der Waals surface area (Å²) in [5.74, 6) is -3.45. The molecule has 6 rings (SSSR count). The molecule has 1 fully saturated rings. The Labute approximate surface area is 344 Å². The lowest BCUT2D eigenvalue weighted by Crippen LogP contribution is -2.49. The Morgan fingerprint density at radius 1 is 0.898 bits per heavy atom. The van der Waals surface area contributed by atoms with Gasteiger partial charge in [-0.3, -0.25) is 19.2 Å². The number of carbonyl (C=O) groups excluding carboxylic acids is 6. The number of benzene rings is 3. The fourth-order valence-corrected chi connectivity index (χ4v) is 6.60. The van der Waals surface area contributed by atoms with E-state index in [1.54, 1.807) is 105 Å². The molecule has 3 heterocycles. The van der Waals surface area contributed by atoms with Crippen molar-refractivity contribution in [2.75, 3.05) is 43.1 Å². The second-order valence-corrected chi connectivity index (χ2v) is 15.6.